The zero-order valence-corrected chi connectivity index (χ0v) is 11.8. The van der Waals surface area contributed by atoms with Crippen LogP contribution in [-0.2, 0) is 13.1 Å². The van der Waals surface area contributed by atoms with Crippen molar-refractivity contribution in [2.24, 2.45) is 0 Å². The van der Waals surface area contributed by atoms with Crippen LogP contribution in [0.4, 0.5) is 0 Å². The lowest BCUT2D eigenvalue weighted by Gasteiger charge is -2.17. The number of aromatic carboxylic acids is 1. The Kier molecular flexibility index (Phi) is 4.71. The number of hydrogen-bond donors (Lipinski definition) is 1. The van der Waals surface area contributed by atoms with Gasteiger partial charge >= 0.3 is 5.97 Å². The van der Waals surface area contributed by atoms with Crippen LogP contribution in [0.3, 0.4) is 0 Å². The fraction of sp³-hybridized carbons (Fsp3) is 0.200. The Balaban J connectivity index is 2.00. The summed E-state index contributed by atoms with van der Waals surface area (Å²) in [5.41, 5.74) is 2.15. The van der Waals surface area contributed by atoms with Crippen LogP contribution in [0, 0.1) is 0 Å². The molecule has 2 aromatic rings. The van der Waals surface area contributed by atoms with Crippen molar-refractivity contribution in [3.63, 3.8) is 0 Å². The van der Waals surface area contributed by atoms with Crippen molar-refractivity contribution in [1.29, 1.82) is 0 Å². The van der Waals surface area contributed by atoms with Gasteiger partial charge in [-0.25, -0.2) is 9.78 Å². The minimum atomic E-state index is -1.01. The lowest BCUT2D eigenvalue weighted by Crippen LogP contribution is -2.17. The Hall–Kier alpha value is -1.91. The molecule has 0 unspecified atom stereocenters. The second kappa shape index (κ2) is 6.50. The number of pyridine rings is 1. The average molecular weight is 291 g/mol. The van der Waals surface area contributed by atoms with E-state index in [0.717, 1.165) is 22.7 Å². The number of hydrogen-bond acceptors (Lipinski definition) is 3. The van der Waals surface area contributed by atoms with E-state index in [9.17, 15) is 4.79 Å². The molecule has 0 saturated carbocycles. The molecule has 2 rings (SSSR count). The standard InChI is InChI=1S/C15H15ClN2O2/c1-18(9-11-2-4-13(16)5-3-11)10-12-6-7-17-14(8-12)15(19)20/h2-8H,9-10H2,1H3,(H,19,20). The first kappa shape index (κ1) is 14.5. The molecule has 4 nitrogen and oxygen atoms in total. The molecular formula is C15H15ClN2O2. The number of aromatic nitrogens is 1. The maximum Gasteiger partial charge on any atom is 0.354 e. The minimum absolute atomic E-state index is 0.0717. The molecule has 0 saturated heterocycles. The summed E-state index contributed by atoms with van der Waals surface area (Å²) in [6.07, 6.45) is 1.52. The molecule has 0 bridgehead atoms. The third-order valence-corrected chi connectivity index (χ3v) is 3.11. The van der Waals surface area contributed by atoms with Crippen LogP contribution >= 0.6 is 11.6 Å². The molecule has 0 aliphatic heterocycles. The zero-order chi connectivity index (χ0) is 14.5. The smallest absolute Gasteiger partial charge is 0.354 e. The maximum atomic E-state index is 10.9. The highest BCUT2D eigenvalue weighted by Crippen LogP contribution is 2.12. The number of benzene rings is 1. The lowest BCUT2D eigenvalue weighted by molar-refractivity contribution is 0.0690. The Bertz CT molecular complexity index is 599. The number of nitrogens with zero attached hydrogens (tertiary/aromatic N) is 2. The molecule has 0 spiro atoms. The molecule has 1 aromatic heterocycles. The van der Waals surface area contributed by atoms with E-state index >= 15 is 0 Å². The molecule has 1 heterocycles. The molecule has 1 aromatic carbocycles. The van der Waals surface area contributed by atoms with Gasteiger partial charge < -0.3 is 5.11 Å². The Morgan fingerprint density at radius 3 is 2.50 bits per heavy atom. The van der Waals surface area contributed by atoms with Gasteiger partial charge in [-0.15, -0.1) is 0 Å². The largest absolute Gasteiger partial charge is 0.477 e. The molecule has 0 atom stereocenters. The highest BCUT2D eigenvalue weighted by atomic mass is 35.5. The first-order valence-corrected chi connectivity index (χ1v) is 6.53. The third kappa shape index (κ3) is 4.05. The first-order valence-electron chi connectivity index (χ1n) is 6.16. The topological polar surface area (TPSA) is 53.4 Å². The predicted molar refractivity (Wildman–Crippen MR) is 77.8 cm³/mol. The molecule has 5 heteroatoms. The summed E-state index contributed by atoms with van der Waals surface area (Å²) in [6.45, 7) is 1.42. The fourth-order valence-corrected chi connectivity index (χ4v) is 2.08. The van der Waals surface area contributed by atoms with Gasteiger partial charge in [-0.1, -0.05) is 23.7 Å². The summed E-state index contributed by atoms with van der Waals surface area (Å²) in [5.74, 6) is -1.01. The van der Waals surface area contributed by atoms with Crippen molar-refractivity contribution in [2.45, 2.75) is 13.1 Å². The molecule has 20 heavy (non-hydrogen) atoms. The van der Waals surface area contributed by atoms with Gasteiger partial charge in [0.15, 0.2) is 0 Å². The minimum Gasteiger partial charge on any atom is -0.477 e. The van der Waals surface area contributed by atoms with Crippen molar-refractivity contribution >= 4 is 17.6 Å². The van der Waals surface area contributed by atoms with Crippen LogP contribution in [0.15, 0.2) is 42.6 Å². The van der Waals surface area contributed by atoms with E-state index in [-0.39, 0.29) is 5.69 Å². The lowest BCUT2D eigenvalue weighted by atomic mass is 10.2. The van der Waals surface area contributed by atoms with Crippen LogP contribution in [0.2, 0.25) is 5.02 Å². The van der Waals surface area contributed by atoms with E-state index in [1.54, 1.807) is 6.07 Å². The zero-order valence-electron chi connectivity index (χ0n) is 11.1. The summed E-state index contributed by atoms with van der Waals surface area (Å²) < 4.78 is 0. The normalized spacial score (nSPS) is 10.8. The molecule has 1 N–H and O–H groups in total. The van der Waals surface area contributed by atoms with Gasteiger partial charge in [-0.3, -0.25) is 4.90 Å². The molecule has 0 amide bonds. The van der Waals surface area contributed by atoms with Gasteiger partial charge in [0.1, 0.15) is 5.69 Å². The van der Waals surface area contributed by atoms with Crippen LogP contribution in [0.1, 0.15) is 21.6 Å². The summed E-state index contributed by atoms with van der Waals surface area (Å²) in [4.78, 5) is 16.8. The highest BCUT2D eigenvalue weighted by molar-refractivity contribution is 6.30. The Morgan fingerprint density at radius 1 is 1.20 bits per heavy atom. The summed E-state index contributed by atoms with van der Waals surface area (Å²) in [5, 5.41) is 9.64. The van der Waals surface area contributed by atoms with E-state index in [4.69, 9.17) is 16.7 Å². The average Bonchev–Trinajstić information content (AvgIpc) is 2.41. The monoisotopic (exact) mass is 290 g/mol. The van der Waals surface area contributed by atoms with Crippen LogP contribution < -0.4 is 0 Å². The van der Waals surface area contributed by atoms with Crippen molar-refractivity contribution in [3.8, 4) is 0 Å². The van der Waals surface area contributed by atoms with E-state index in [2.05, 4.69) is 9.88 Å². The number of carboxylic acid groups (broad SMARTS) is 1. The van der Waals surface area contributed by atoms with Crippen LogP contribution in [0.25, 0.3) is 0 Å². The molecule has 0 aliphatic rings. The second-order valence-electron chi connectivity index (χ2n) is 4.65. The van der Waals surface area contributed by atoms with Gasteiger partial charge in [0.25, 0.3) is 0 Å². The fourth-order valence-electron chi connectivity index (χ4n) is 1.96. The Morgan fingerprint density at radius 2 is 1.85 bits per heavy atom. The molecule has 104 valence electrons. The first-order chi connectivity index (χ1) is 9.54. The third-order valence-electron chi connectivity index (χ3n) is 2.86. The quantitative estimate of drug-likeness (QED) is 0.919. The molecule has 0 aliphatic carbocycles. The summed E-state index contributed by atoms with van der Waals surface area (Å²) in [6, 6.07) is 11.1. The number of halogens is 1. The summed E-state index contributed by atoms with van der Waals surface area (Å²) in [7, 11) is 1.98. The highest BCUT2D eigenvalue weighted by Gasteiger charge is 2.07. The van der Waals surface area contributed by atoms with E-state index in [1.165, 1.54) is 6.20 Å². The van der Waals surface area contributed by atoms with Crippen LogP contribution in [-0.4, -0.2) is 28.0 Å². The molecule has 0 radical (unpaired) electrons. The SMILES string of the molecule is CN(Cc1ccc(Cl)cc1)Cc1ccnc(C(=O)O)c1. The maximum absolute atomic E-state index is 10.9. The molecule has 0 fully saturated rings. The van der Waals surface area contributed by atoms with Crippen molar-refractivity contribution in [2.75, 3.05) is 7.05 Å². The van der Waals surface area contributed by atoms with E-state index < -0.39 is 5.97 Å². The molecular weight excluding hydrogens is 276 g/mol. The number of rotatable bonds is 5. The van der Waals surface area contributed by atoms with Crippen molar-refractivity contribution < 1.29 is 9.90 Å². The number of carbonyl (C=O) groups is 1. The number of carboxylic acids is 1. The van der Waals surface area contributed by atoms with Gasteiger partial charge in [0.2, 0.25) is 0 Å². The summed E-state index contributed by atoms with van der Waals surface area (Å²) >= 11 is 5.85. The van der Waals surface area contributed by atoms with Gasteiger partial charge in [0, 0.05) is 24.3 Å². The van der Waals surface area contributed by atoms with Gasteiger partial charge in [-0.05, 0) is 42.4 Å². The van der Waals surface area contributed by atoms with E-state index in [1.807, 2.05) is 37.4 Å². The van der Waals surface area contributed by atoms with Crippen molar-refractivity contribution in [3.05, 3.63) is 64.4 Å². The van der Waals surface area contributed by atoms with Gasteiger partial charge in [-0.2, -0.15) is 0 Å². The Labute approximate surface area is 122 Å². The second-order valence-corrected chi connectivity index (χ2v) is 5.09. The predicted octanol–water partition coefficient (Wildman–Crippen LogP) is 3.07. The van der Waals surface area contributed by atoms with Gasteiger partial charge in [0.05, 0.1) is 0 Å². The van der Waals surface area contributed by atoms with Crippen molar-refractivity contribution in [1.82, 2.24) is 9.88 Å². The van der Waals surface area contributed by atoms with Crippen LogP contribution in [0.5, 0.6) is 0 Å². The van der Waals surface area contributed by atoms with E-state index in [0.29, 0.717) is 6.54 Å².